The Bertz CT molecular complexity index is 260. The van der Waals surface area contributed by atoms with Gasteiger partial charge in [0.05, 0.1) is 0 Å². The zero-order valence-corrected chi connectivity index (χ0v) is 6.87. The molecule has 66 valence electrons. The van der Waals surface area contributed by atoms with Crippen LogP contribution in [0.4, 0.5) is 0 Å². The fourth-order valence-corrected chi connectivity index (χ4v) is 0.490. The Morgan fingerprint density at radius 1 is 1.08 bits per heavy atom. The molecule has 4 nitrogen and oxygen atoms in total. The number of carboxylic acids is 2. The van der Waals surface area contributed by atoms with E-state index in [0.717, 1.165) is 6.08 Å². The molecule has 0 atom stereocenters. The summed E-state index contributed by atoms with van der Waals surface area (Å²) in [4.78, 5) is 20.4. The van der Waals surface area contributed by atoms with Gasteiger partial charge in [-0.1, -0.05) is 6.08 Å². The number of carboxylic acid groups (broad SMARTS) is 2. The molecule has 0 aromatic rings. The predicted octanol–water partition coefficient (Wildman–Crippen LogP) is 1.05. The van der Waals surface area contributed by atoms with Crippen LogP contribution in [0.25, 0.3) is 0 Å². The van der Waals surface area contributed by atoms with Crippen molar-refractivity contribution in [2.24, 2.45) is 0 Å². The predicted molar refractivity (Wildman–Crippen MR) is 42.8 cm³/mol. The van der Waals surface area contributed by atoms with Gasteiger partial charge in [0, 0.05) is 11.6 Å². The summed E-state index contributed by atoms with van der Waals surface area (Å²) in [5.74, 6) is -2.13. The van der Waals surface area contributed by atoms with Crippen molar-refractivity contribution in [1.82, 2.24) is 0 Å². The molecule has 12 heavy (non-hydrogen) atoms. The van der Waals surface area contributed by atoms with E-state index in [-0.39, 0.29) is 5.57 Å². The average Bonchev–Trinajstić information content (AvgIpc) is 1.98. The van der Waals surface area contributed by atoms with E-state index in [9.17, 15) is 9.59 Å². The van der Waals surface area contributed by atoms with Gasteiger partial charge < -0.3 is 10.2 Å². The Kier molecular flexibility index (Phi) is 3.76. The first kappa shape index (κ1) is 10.4. The highest BCUT2D eigenvalue weighted by Gasteiger charge is 2.02. The Morgan fingerprint density at radius 3 is 1.92 bits per heavy atom. The van der Waals surface area contributed by atoms with Gasteiger partial charge in [0.2, 0.25) is 0 Å². The summed E-state index contributed by atoms with van der Waals surface area (Å²) < 4.78 is 0. The molecule has 0 spiro atoms. The van der Waals surface area contributed by atoms with Crippen LogP contribution in [0, 0.1) is 0 Å². The first-order valence-corrected chi connectivity index (χ1v) is 3.27. The molecule has 0 amide bonds. The summed E-state index contributed by atoms with van der Waals surface area (Å²) >= 11 is 0. The van der Waals surface area contributed by atoms with E-state index in [1.807, 2.05) is 0 Å². The van der Waals surface area contributed by atoms with E-state index in [1.54, 1.807) is 6.92 Å². The highest BCUT2D eigenvalue weighted by atomic mass is 16.4. The van der Waals surface area contributed by atoms with Gasteiger partial charge in [-0.25, -0.2) is 9.59 Å². The number of hydrogen-bond donors (Lipinski definition) is 2. The SMILES string of the molecule is CC(/C=C\C(=O)O)=C(/C)C(=O)O. The van der Waals surface area contributed by atoms with E-state index in [4.69, 9.17) is 10.2 Å². The molecule has 0 aliphatic heterocycles. The zero-order valence-electron chi connectivity index (χ0n) is 6.87. The highest BCUT2D eigenvalue weighted by molar-refractivity contribution is 5.88. The summed E-state index contributed by atoms with van der Waals surface area (Å²) in [6.45, 7) is 2.97. The van der Waals surface area contributed by atoms with Crippen LogP contribution in [0.5, 0.6) is 0 Å². The molecule has 4 heteroatoms. The van der Waals surface area contributed by atoms with Gasteiger partial charge in [0.1, 0.15) is 0 Å². The van der Waals surface area contributed by atoms with Crippen LogP contribution in [0.1, 0.15) is 13.8 Å². The van der Waals surface area contributed by atoms with Crippen molar-refractivity contribution >= 4 is 11.9 Å². The topological polar surface area (TPSA) is 74.6 Å². The molecule has 0 aliphatic rings. The van der Waals surface area contributed by atoms with E-state index >= 15 is 0 Å². The van der Waals surface area contributed by atoms with Gasteiger partial charge in [-0.2, -0.15) is 0 Å². The first-order valence-electron chi connectivity index (χ1n) is 3.27. The van der Waals surface area contributed by atoms with Gasteiger partial charge in [-0.3, -0.25) is 0 Å². The van der Waals surface area contributed by atoms with Crippen LogP contribution in [-0.2, 0) is 9.59 Å². The van der Waals surface area contributed by atoms with E-state index in [0.29, 0.717) is 5.57 Å². The second kappa shape index (κ2) is 4.33. The summed E-state index contributed by atoms with van der Waals surface area (Å²) in [7, 11) is 0. The van der Waals surface area contributed by atoms with Crippen molar-refractivity contribution in [3.05, 3.63) is 23.3 Å². The molecule has 0 aromatic carbocycles. The van der Waals surface area contributed by atoms with Crippen LogP contribution in [0.15, 0.2) is 23.3 Å². The highest BCUT2D eigenvalue weighted by Crippen LogP contribution is 2.04. The van der Waals surface area contributed by atoms with E-state index in [2.05, 4.69) is 0 Å². The zero-order chi connectivity index (χ0) is 9.72. The molecule has 0 saturated heterocycles. The van der Waals surface area contributed by atoms with Crippen molar-refractivity contribution in [3.63, 3.8) is 0 Å². The molecule has 0 unspecified atom stereocenters. The summed E-state index contributed by atoms with van der Waals surface area (Å²) in [6, 6.07) is 0. The Labute approximate surface area is 69.8 Å². The lowest BCUT2D eigenvalue weighted by atomic mass is 10.1. The molecule has 0 saturated carbocycles. The van der Waals surface area contributed by atoms with Gasteiger partial charge >= 0.3 is 11.9 Å². The van der Waals surface area contributed by atoms with Gasteiger partial charge in [-0.15, -0.1) is 0 Å². The number of allylic oxidation sites excluding steroid dienone is 2. The van der Waals surface area contributed by atoms with Crippen LogP contribution in [0.2, 0.25) is 0 Å². The van der Waals surface area contributed by atoms with E-state index in [1.165, 1.54) is 13.0 Å². The molecule has 0 aromatic heterocycles. The molecule has 0 fully saturated rings. The lowest BCUT2D eigenvalue weighted by molar-refractivity contribution is -0.133. The fraction of sp³-hybridized carbons (Fsp3) is 0.250. The minimum absolute atomic E-state index is 0.146. The second-order valence-corrected chi connectivity index (χ2v) is 2.28. The maximum Gasteiger partial charge on any atom is 0.331 e. The van der Waals surface area contributed by atoms with Crippen molar-refractivity contribution in [2.75, 3.05) is 0 Å². The Balaban J connectivity index is 4.58. The van der Waals surface area contributed by atoms with Gasteiger partial charge in [-0.05, 0) is 19.4 Å². The quantitative estimate of drug-likeness (QED) is 0.490. The molecule has 2 N–H and O–H groups in total. The maximum atomic E-state index is 10.3. The van der Waals surface area contributed by atoms with Gasteiger partial charge in [0.15, 0.2) is 0 Å². The van der Waals surface area contributed by atoms with Crippen molar-refractivity contribution in [3.8, 4) is 0 Å². The Morgan fingerprint density at radius 2 is 1.58 bits per heavy atom. The molecule has 0 rings (SSSR count). The first-order chi connectivity index (χ1) is 5.45. The molecular weight excluding hydrogens is 160 g/mol. The summed E-state index contributed by atoms with van der Waals surface area (Å²) in [6.07, 6.45) is 2.16. The van der Waals surface area contributed by atoms with Crippen LogP contribution in [0.3, 0.4) is 0 Å². The second-order valence-electron chi connectivity index (χ2n) is 2.28. The minimum atomic E-state index is -1.09. The third kappa shape index (κ3) is 3.55. The summed E-state index contributed by atoms with van der Waals surface area (Å²) in [5, 5.41) is 16.7. The van der Waals surface area contributed by atoms with Gasteiger partial charge in [0.25, 0.3) is 0 Å². The normalized spacial score (nSPS) is 12.8. The van der Waals surface area contributed by atoms with Crippen LogP contribution >= 0.6 is 0 Å². The standard InChI is InChI=1S/C8H10O4/c1-5(3-4-7(9)10)6(2)8(11)12/h3-4H,1-2H3,(H,9,10)(H,11,12)/b4-3-,6-5+. The van der Waals surface area contributed by atoms with Crippen molar-refractivity contribution in [1.29, 1.82) is 0 Å². The smallest absolute Gasteiger partial charge is 0.331 e. The van der Waals surface area contributed by atoms with E-state index < -0.39 is 11.9 Å². The summed E-state index contributed by atoms with van der Waals surface area (Å²) in [5.41, 5.74) is 0.581. The molecule has 0 heterocycles. The molecule has 0 radical (unpaired) electrons. The third-order valence-corrected chi connectivity index (χ3v) is 1.39. The van der Waals surface area contributed by atoms with Crippen LogP contribution < -0.4 is 0 Å². The molecule has 0 bridgehead atoms. The molecular formula is C8H10O4. The average molecular weight is 170 g/mol. The number of hydrogen-bond acceptors (Lipinski definition) is 2. The minimum Gasteiger partial charge on any atom is -0.478 e. The van der Waals surface area contributed by atoms with Crippen molar-refractivity contribution in [2.45, 2.75) is 13.8 Å². The fourth-order valence-electron chi connectivity index (χ4n) is 0.490. The number of rotatable bonds is 3. The monoisotopic (exact) mass is 170 g/mol. The number of carbonyl (C=O) groups is 2. The maximum absolute atomic E-state index is 10.3. The molecule has 0 aliphatic carbocycles. The number of aliphatic carboxylic acids is 2. The lowest BCUT2D eigenvalue weighted by Gasteiger charge is -1.95. The third-order valence-electron chi connectivity index (χ3n) is 1.39. The van der Waals surface area contributed by atoms with Crippen molar-refractivity contribution < 1.29 is 19.8 Å². The largest absolute Gasteiger partial charge is 0.478 e. The Hall–Kier alpha value is -1.58. The lowest BCUT2D eigenvalue weighted by Crippen LogP contribution is -1.98. The van der Waals surface area contributed by atoms with Crippen LogP contribution in [-0.4, -0.2) is 22.2 Å².